The van der Waals surface area contributed by atoms with Crippen LogP contribution in [0.2, 0.25) is 0 Å². The summed E-state index contributed by atoms with van der Waals surface area (Å²) in [4.78, 5) is 33.7. The predicted octanol–water partition coefficient (Wildman–Crippen LogP) is 4.45. The van der Waals surface area contributed by atoms with Gasteiger partial charge in [0.2, 0.25) is 4.96 Å². The summed E-state index contributed by atoms with van der Waals surface area (Å²) in [5.74, 6) is 1.13. The second kappa shape index (κ2) is 10.00. The molecule has 1 amide bonds. The number of carbonyl (C=O) groups is 1. The lowest BCUT2D eigenvalue weighted by atomic mass is 10.1. The Kier molecular flexibility index (Phi) is 6.63. The van der Waals surface area contributed by atoms with E-state index in [2.05, 4.69) is 17.0 Å². The molecule has 0 radical (unpaired) electrons. The van der Waals surface area contributed by atoms with Crippen LogP contribution in [0.1, 0.15) is 51.5 Å². The minimum absolute atomic E-state index is 0.116. The quantitative estimate of drug-likeness (QED) is 0.325. The second-order valence-corrected chi connectivity index (χ2v) is 9.56. The molecule has 0 atom stereocenters. The average Bonchev–Trinajstić information content (AvgIpc) is 3.50. The van der Waals surface area contributed by atoms with Crippen molar-refractivity contribution in [1.29, 1.82) is 0 Å². The lowest BCUT2D eigenvalue weighted by Crippen LogP contribution is -2.33. The van der Waals surface area contributed by atoms with Crippen LogP contribution in [-0.2, 0) is 4.79 Å². The molecule has 2 aromatic heterocycles. The van der Waals surface area contributed by atoms with E-state index in [1.807, 2.05) is 60.4 Å². The zero-order chi connectivity index (χ0) is 24.4. The van der Waals surface area contributed by atoms with Gasteiger partial charge in [-0.1, -0.05) is 62.1 Å². The lowest BCUT2D eigenvalue weighted by Gasteiger charge is -2.16. The molecule has 2 aromatic carbocycles. The van der Waals surface area contributed by atoms with Gasteiger partial charge in [-0.25, -0.2) is 0 Å². The topological polar surface area (TPSA) is 76.8 Å². The highest BCUT2D eigenvalue weighted by atomic mass is 32.1. The van der Waals surface area contributed by atoms with Gasteiger partial charge in [-0.15, -0.1) is 5.10 Å². The Morgan fingerprint density at radius 2 is 1.71 bits per heavy atom. The van der Waals surface area contributed by atoms with Crippen LogP contribution in [-0.4, -0.2) is 33.7 Å². The van der Waals surface area contributed by atoms with Gasteiger partial charge in [-0.05, 0) is 43.7 Å². The van der Waals surface area contributed by atoms with Crippen molar-refractivity contribution in [3.05, 3.63) is 69.0 Å². The van der Waals surface area contributed by atoms with E-state index >= 15 is 0 Å². The number of carbonyl (C=O) groups excluding carboxylic acids is 1. The van der Waals surface area contributed by atoms with Gasteiger partial charge in [-0.3, -0.25) is 9.59 Å². The number of benzene rings is 2. The number of amides is 1. The molecule has 1 aliphatic heterocycles. The van der Waals surface area contributed by atoms with Crippen LogP contribution >= 0.6 is 11.3 Å². The van der Waals surface area contributed by atoms with Gasteiger partial charge in [0.15, 0.2) is 5.82 Å². The molecule has 5 rings (SSSR count). The Balaban J connectivity index is 1.50. The molecule has 7 nitrogen and oxygen atoms in total. The molecule has 0 spiro atoms. The van der Waals surface area contributed by atoms with Crippen molar-refractivity contribution in [2.24, 2.45) is 0 Å². The number of aromatic nitrogens is 3. The van der Waals surface area contributed by atoms with Crippen LogP contribution in [0.25, 0.3) is 21.9 Å². The number of anilines is 1. The number of thiazole rings is 1. The van der Waals surface area contributed by atoms with E-state index in [1.165, 1.54) is 35.1 Å². The maximum Gasteiger partial charge on any atom is 0.291 e. The molecular formula is C27H28N4O3S. The Morgan fingerprint density at radius 1 is 0.943 bits per heavy atom. The predicted molar refractivity (Wildman–Crippen MR) is 139 cm³/mol. The monoisotopic (exact) mass is 488 g/mol. The van der Waals surface area contributed by atoms with Crippen LogP contribution < -0.4 is 19.7 Å². The standard InChI is InChI=1S/C27H28N4O3S/c1-3-5-6-7-10-17-30-21-12-9-8-11-20(21)22(25(30)32)23-26(33)31-27(35-23)28-24(29-31)18-13-15-19(16-14-18)34-4-2/h8-9,11-16H,3-7,10,17H2,1-2H3. The zero-order valence-electron chi connectivity index (χ0n) is 20.0. The van der Waals surface area contributed by atoms with E-state index in [4.69, 9.17) is 4.74 Å². The van der Waals surface area contributed by atoms with Crippen molar-refractivity contribution in [1.82, 2.24) is 14.6 Å². The maximum atomic E-state index is 13.5. The maximum absolute atomic E-state index is 13.5. The molecule has 0 fully saturated rings. The number of para-hydroxylation sites is 1. The molecule has 0 N–H and O–H groups in total. The molecule has 0 aliphatic carbocycles. The highest BCUT2D eigenvalue weighted by Crippen LogP contribution is 2.35. The number of fused-ring (bicyclic) bond motifs is 2. The zero-order valence-corrected chi connectivity index (χ0v) is 20.8. The Labute approximate surface area is 207 Å². The fraction of sp³-hybridized carbons (Fsp3) is 0.333. The van der Waals surface area contributed by atoms with Gasteiger partial charge in [0.1, 0.15) is 10.3 Å². The van der Waals surface area contributed by atoms with Crippen molar-refractivity contribution in [3.8, 4) is 17.1 Å². The van der Waals surface area contributed by atoms with E-state index in [-0.39, 0.29) is 11.5 Å². The first kappa shape index (κ1) is 23.2. The van der Waals surface area contributed by atoms with E-state index in [9.17, 15) is 9.59 Å². The minimum Gasteiger partial charge on any atom is -0.494 e. The summed E-state index contributed by atoms with van der Waals surface area (Å²) in [6, 6.07) is 15.2. The second-order valence-electron chi connectivity index (χ2n) is 8.59. The summed E-state index contributed by atoms with van der Waals surface area (Å²) in [6.45, 7) is 5.37. The number of nitrogens with zero attached hydrogens (tertiary/aromatic N) is 4. The third-order valence-electron chi connectivity index (χ3n) is 6.22. The van der Waals surface area contributed by atoms with Gasteiger partial charge in [0, 0.05) is 17.7 Å². The molecule has 0 bridgehead atoms. The van der Waals surface area contributed by atoms with E-state index < -0.39 is 0 Å². The van der Waals surface area contributed by atoms with Gasteiger partial charge in [0.05, 0.1) is 17.9 Å². The Morgan fingerprint density at radius 3 is 2.46 bits per heavy atom. The first-order chi connectivity index (χ1) is 17.1. The number of hydrogen-bond acceptors (Lipinski definition) is 6. The SMILES string of the molecule is CCCCCCCN1C(=O)C(=c2sc3nc(-c4ccc(OCC)cc4)nn3c2=O)c2ccccc21. The van der Waals surface area contributed by atoms with Crippen LogP contribution in [0.3, 0.4) is 0 Å². The van der Waals surface area contributed by atoms with E-state index in [0.29, 0.717) is 34.0 Å². The fourth-order valence-electron chi connectivity index (χ4n) is 4.47. The van der Waals surface area contributed by atoms with Crippen molar-refractivity contribution >= 4 is 33.5 Å². The average molecular weight is 489 g/mol. The van der Waals surface area contributed by atoms with Crippen LogP contribution in [0.4, 0.5) is 5.69 Å². The number of rotatable bonds is 9. The largest absolute Gasteiger partial charge is 0.494 e. The molecule has 0 saturated carbocycles. The molecule has 4 aromatic rings. The normalized spacial score (nSPS) is 14.7. The minimum atomic E-state index is -0.308. The van der Waals surface area contributed by atoms with Crippen LogP contribution in [0, 0.1) is 0 Å². The first-order valence-electron chi connectivity index (χ1n) is 12.2. The summed E-state index contributed by atoms with van der Waals surface area (Å²) < 4.78 is 7.19. The van der Waals surface area contributed by atoms with Crippen molar-refractivity contribution in [3.63, 3.8) is 0 Å². The van der Waals surface area contributed by atoms with Crippen LogP contribution in [0.15, 0.2) is 53.3 Å². The summed E-state index contributed by atoms with van der Waals surface area (Å²) in [5, 5.41) is 4.45. The molecule has 8 heteroatoms. The number of hydrogen-bond donors (Lipinski definition) is 0. The van der Waals surface area contributed by atoms with Gasteiger partial charge in [0.25, 0.3) is 11.5 Å². The molecular weight excluding hydrogens is 460 g/mol. The summed E-state index contributed by atoms with van der Waals surface area (Å²) in [5.41, 5.74) is 2.63. The molecule has 0 saturated heterocycles. The highest BCUT2D eigenvalue weighted by molar-refractivity contribution is 7.15. The third-order valence-corrected chi connectivity index (χ3v) is 7.25. The highest BCUT2D eigenvalue weighted by Gasteiger charge is 2.33. The van der Waals surface area contributed by atoms with E-state index in [1.54, 1.807) is 0 Å². The summed E-state index contributed by atoms with van der Waals surface area (Å²) in [7, 11) is 0. The van der Waals surface area contributed by atoms with Gasteiger partial charge < -0.3 is 9.64 Å². The number of unbranched alkanes of at least 4 members (excludes halogenated alkanes) is 4. The summed E-state index contributed by atoms with van der Waals surface area (Å²) in [6.07, 6.45) is 5.60. The van der Waals surface area contributed by atoms with E-state index in [0.717, 1.165) is 35.4 Å². The third kappa shape index (κ3) is 4.34. The fourth-order valence-corrected chi connectivity index (χ4v) is 5.47. The van der Waals surface area contributed by atoms with Gasteiger partial charge >= 0.3 is 0 Å². The van der Waals surface area contributed by atoms with Crippen molar-refractivity contribution in [2.75, 3.05) is 18.1 Å². The molecule has 0 unspecified atom stereocenters. The molecule has 1 aliphatic rings. The van der Waals surface area contributed by atoms with Crippen molar-refractivity contribution < 1.29 is 9.53 Å². The molecule has 3 heterocycles. The number of ether oxygens (including phenoxy) is 1. The smallest absolute Gasteiger partial charge is 0.291 e. The summed E-state index contributed by atoms with van der Waals surface area (Å²) >= 11 is 1.22. The molecule has 180 valence electrons. The Bertz CT molecular complexity index is 1470. The Hall–Kier alpha value is -3.52. The van der Waals surface area contributed by atoms with Crippen LogP contribution in [0.5, 0.6) is 5.75 Å². The van der Waals surface area contributed by atoms with Gasteiger partial charge in [-0.2, -0.15) is 9.50 Å². The first-order valence-corrected chi connectivity index (χ1v) is 13.0. The lowest BCUT2D eigenvalue weighted by molar-refractivity contribution is -0.113. The molecule has 35 heavy (non-hydrogen) atoms. The van der Waals surface area contributed by atoms with Crippen molar-refractivity contribution in [2.45, 2.75) is 46.0 Å².